The zero-order valence-corrected chi connectivity index (χ0v) is 16.6. The van der Waals surface area contributed by atoms with E-state index in [9.17, 15) is 15.0 Å². The lowest BCUT2D eigenvalue weighted by atomic mass is 9.49. The lowest BCUT2D eigenvalue weighted by molar-refractivity contribution is -0.136. The molecular weight excluding hydrogens is 360 g/mol. The van der Waals surface area contributed by atoms with Gasteiger partial charge < -0.3 is 24.4 Å². The molecule has 3 saturated carbocycles. The first-order chi connectivity index (χ1) is 13.3. The molecule has 4 aliphatic carbocycles. The van der Waals surface area contributed by atoms with Crippen molar-refractivity contribution in [3.05, 3.63) is 11.1 Å². The van der Waals surface area contributed by atoms with Crippen molar-refractivity contribution in [2.75, 3.05) is 6.61 Å². The van der Waals surface area contributed by atoms with Crippen LogP contribution in [0.2, 0.25) is 0 Å². The number of carbonyl (C=O) groups excluding carboxylic acids is 1. The molecule has 0 aromatic carbocycles. The summed E-state index contributed by atoms with van der Waals surface area (Å²) in [6.45, 7) is 6.94. The Morgan fingerprint density at radius 2 is 1.96 bits per heavy atom. The number of epoxide rings is 2. The molecule has 7 rings (SSSR count). The normalized spacial score (nSPS) is 62.6. The fourth-order valence-corrected chi connectivity index (χ4v) is 8.51. The average molecular weight is 388 g/mol. The number of cyclic esters (lactones) is 1. The minimum atomic E-state index is -0.646. The molecular formula is C22H28O6. The predicted molar refractivity (Wildman–Crippen MR) is 96.0 cm³/mol. The van der Waals surface area contributed by atoms with Gasteiger partial charge in [-0.05, 0) is 48.5 Å². The third-order valence-electron chi connectivity index (χ3n) is 9.83. The van der Waals surface area contributed by atoms with Crippen LogP contribution in [-0.4, -0.2) is 58.4 Å². The van der Waals surface area contributed by atoms with Crippen LogP contribution in [-0.2, 0) is 19.0 Å². The van der Waals surface area contributed by atoms with E-state index in [1.165, 1.54) is 0 Å². The zero-order chi connectivity index (χ0) is 19.4. The molecule has 152 valence electrons. The maximum Gasteiger partial charge on any atom is 0.334 e. The molecule has 3 aliphatic heterocycles. The zero-order valence-electron chi connectivity index (χ0n) is 16.6. The third kappa shape index (κ3) is 1.45. The SMILES string of the molecule is CC(C)[C@@H]1C2[C@H]([C@H]2O)[C@@H]2O[C@]23[C@]2(O[C@H]2C[C@H]2C4=C(CC[C@@]23C)C(=O)OC4)[C@@H]1O. The van der Waals surface area contributed by atoms with Crippen LogP contribution < -0.4 is 0 Å². The quantitative estimate of drug-likeness (QED) is 0.518. The second kappa shape index (κ2) is 4.53. The average Bonchev–Trinajstić information content (AvgIpc) is 3.55. The van der Waals surface area contributed by atoms with Crippen molar-refractivity contribution < 1.29 is 29.2 Å². The van der Waals surface area contributed by atoms with E-state index < -0.39 is 17.3 Å². The van der Waals surface area contributed by atoms with Crippen LogP contribution in [0.1, 0.15) is 40.0 Å². The molecule has 2 spiro atoms. The largest absolute Gasteiger partial charge is 0.458 e. The monoisotopic (exact) mass is 388 g/mol. The number of aliphatic hydroxyl groups is 2. The fraction of sp³-hybridized carbons (Fsp3) is 0.864. The molecule has 6 heteroatoms. The van der Waals surface area contributed by atoms with Gasteiger partial charge in [-0.1, -0.05) is 20.8 Å². The van der Waals surface area contributed by atoms with Gasteiger partial charge >= 0.3 is 5.97 Å². The highest BCUT2D eigenvalue weighted by Crippen LogP contribution is 2.81. The Kier molecular flexibility index (Phi) is 2.72. The molecule has 0 amide bonds. The Labute approximate surface area is 164 Å². The maximum atomic E-state index is 12.2. The van der Waals surface area contributed by atoms with E-state index in [1.807, 2.05) is 0 Å². The fourth-order valence-electron chi connectivity index (χ4n) is 8.51. The van der Waals surface area contributed by atoms with Crippen LogP contribution in [0.4, 0.5) is 0 Å². The third-order valence-corrected chi connectivity index (χ3v) is 9.83. The highest BCUT2D eigenvalue weighted by Gasteiger charge is 2.95. The second-order valence-electron chi connectivity index (χ2n) is 10.9. The second-order valence-corrected chi connectivity index (χ2v) is 10.9. The van der Waals surface area contributed by atoms with Crippen molar-refractivity contribution in [1.29, 1.82) is 0 Å². The molecule has 11 atom stereocenters. The predicted octanol–water partition coefficient (Wildman–Crippen LogP) is 1.19. The van der Waals surface area contributed by atoms with E-state index >= 15 is 0 Å². The summed E-state index contributed by atoms with van der Waals surface area (Å²) in [6.07, 6.45) is 1.27. The first-order valence-corrected chi connectivity index (χ1v) is 10.9. The highest BCUT2D eigenvalue weighted by atomic mass is 16.7. The van der Waals surface area contributed by atoms with Crippen molar-refractivity contribution >= 4 is 5.97 Å². The van der Waals surface area contributed by atoms with Gasteiger partial charge in [0.1, 0.15) is 12.2 Å². The van der Waals surface area contributed by atoms with E-state index in [0.717, 1.165) is 24.0 Å². The molecule has 2 N–H and O–H groups in total. The number of hydrogen-bond donors (Lipinski definition) is 2. The van der Waals surface area contributed by atoms with Crippen molar-refractivity contribution in [3.63, 3.8) is 0 Å². The van der Waals surface area contributed by atoms with Gasteiger partial charge in [0, 0.05) is 16.9 Å². The Morgan fingerprint density at radius 1 is 1.18 bits per heavy atom. The van der Waals surface area contributed by atoms with Gasteiger partial charge in [-0.2, -0.15) is 0 Å². The molecule has 3 heterocycles. The number of rotatable bonds is 1. The van der Waals surface area contributed by atoms with E-state index in [4.69, 9.17) is 14.2 Å². The summed E-state index contributed by atoms with van der Waals surface area (Å²) < 4.78 is 18.4. The lowest BCUT2D eigenvalue weighted by Crippen LogP contribution is -2.64. The van der Waals surface area contributed by atoms with Crippen molar-refractivity contribution in [1.82, 2.24) is 0 Å². The van der Waals surface area contributed by atoms with E-state index in [2.05, 4.69) is 20.8 Å². The van der Waals surface area contributed by atoms with Gasteiger partial charge in [-0.25, -0.2) is 4.79 Å². The number of hydrogen-bond acceptors (Lipinski definition) is 6. The minimum absolute atomic E-state index is 0.0354. The Bertz CT molecular complexity index is 850. The standard InChI is InChI=1S/C22H28O6/c1-8(2)13-14-15(16(14)23)18-22(28-18)20(3)5-4-9-10(7-26-19(9)25)11(20)6-12-21(22,27-12)17(13)24/h8,11-18,23-24H,4-7H2,1-3H3/t11-,12-,13+,14?,15+,16-,17+,18-,20-,21+,22+/m0/s1. The summed E-state index contributed by atoms with van der Waals surface area (Å²) in [5.74, 6) is 0.536. The van der Waals surface area contributed by atoms with Crippen molar-refractivity contribution in [3.8, 4) is 0 Å². The molecule has 0 radical (unpaired) electrons. The molecule has 0 aromatic rings. The minimum Gasteiger partial charge on any atom is -0.458 e. The van der Waals surface area contributed by atoms with Crippen LogP contribution in [0.3, 0.4) is 0 Å². The van der Waals surface area contributed by atoms with Crippen LogP contribution in [0, 0.1) is 35.0 Å². The van der Waals surface area contributed by atoms with Gasteiger partial charge in [0.15, 0.2) is 5.60 Å². The lowest BCUT2D eigenvalue weighted by Gasteiger charge is -2.52. The Balaban J connectivity index is 1.39. The Morgan fingerprint density at radius 3 is 2.71 bits per heavy atom. The summed E-state index contributed by atoms with van der Waals surface area (Å²) in [5.41, 5.74) is 0.589. The maximum absolute atomic E-state index is 12.2. The summed E-state index contributed by atoms with van der Waals surface area (Å²) >= 11 is 0. The highest BCUT2D eigenvalue weighted by molar-refractivity contribution is 5.92. The van der Waals surface area contributed by atoms with Crippen LogP contribution in [0.25, 0.3) is 0 Å². The first-order valence-electron chi connectivity index (χ1n) is 10.9. The summed E-state index contributed by atoms with van der Waals surface area (Å²) in [6, 6.07) is 0. The molecule has 28 heavy (non-hydrogen) atoms. The van der Waals surface area contributed by atoms with Crippen molar-refractivity contribution in [2.24, 2.45) is 35.0 Å². The van der Waals surface area contributed by atoms with E-state index in [-0.39, 0.29) is 59.3 Å². The van der Waals surface area contributed by atoms with Gasteiger partial charge in [0.05, 0.1) is 24.4 Å². The summed E-state index contributed by atoms with van der Waals surface area (Å²) in [5, 5.41) is 22.4. The molecule has 0 aromatic heterocycles. The first kappa shape index (κ1) is 16.8. The van der Waals surface area contributed by atoms with Crippen molar-refractivity contribution in [2.45, 2.75) is 75.7 Å². The van der Waals surface area contributed by atoms with E-state index in [0.29, 0.717) is 13.0 Å². The number of fused-ring (bicyclic) bond motifs is 4. The van der Waals surface area contributed by atoms with Crippen LogP contribution in [0.15, 0.2) is 11.1 Å². The van der Waals surface area contributed by atoms with Crippen LogP contribution in [0.5, 0.6) is 0 Å². The van der Waals surface area contributed by atoms with Crippen LogP contribution >= 0.6 is 0 Å². The molecule has 0 bridgehead atoms. The summed E-state index contributed by atoms with van der Waals surface area (Å²) in [7, 11) is 0. The Hall–Kier alpha value is -0.950. The molecule has 6 nitrogen and oxygen atoms in total. The topological polar surface area (TPSA) is 91.8 Å². The number of esters is 1. The van der Waals surface area contributed by atoms with E-state index in [1.54, 1.807) is 0 Å². The number of carbonyl (C=O) groups is 1. The number of aliphatic hydroxyl groups excluding tert-OH is 2. The molecule has 5 fully saturated rings. The van der Waals surface area contributed by atoms with Gasteiger partial charge in [-0.3, -0.25) is 0 Å². The van der Waals surface area contributed by atoms with Gasteiger partial charge in [0.2, 0.25) is 0 Å². The molecule has 1 unspecified atom stereocenters. The molecule has 2 saturated heterocycles. The summed E-state index contributed by atoms with van der Waals surface area (Å²) in [4.78, 5) is 12.2. The van der Waals surface area contributed by atoms with Gasteiger partial charge in [-0.15, -0.1) is 0 Å². The smallest absolute Gasteiger partial charge is 0.334 e. The van der Waals surface area contributed by atoms with Gasteiger partial charge in [0.25, 0.3) is 0 Å². The number of ether oxygens (including phenoxy) is 3. The molecule has 7 aliphatic rings.